The Morgan fingerprint density at radius 3 is 2.52 bits per heavy atom. The van der Waals surface area contributed by atoms with Crippen LogP contribution >= 0.6 is 0 Å². The Labute approximate surface area is 147 Å². The van der Waals surface area contributed by atoms with Crippen molar-refractivity contribution in [2.75, 3.05) is 19.6 Å². The van der Waals surface area contributed by atoms with Gasteiger partial charge in [0.15, 0.2) is 0 Å². The molecule has 4 rings (SSSR count). The maximum Gasteiger partial charge on any atom is 0.304 e. The highest BCUT2D eigenvalue weighted by Gasteiger charge is 2.54. The number of alkyl halides is 1. The molecule has 2 aliphatic carbocycles. The third-order valence-electron chi connectivity index (χ3n) is 6.71. The van der Waals surface area contributed by atoms with Gasteiger partial charge >= 0.3 is 10.2 Å². The molecule has 3 N–H and O–H groups in total. The molecule has 2 saturated heterocycles. The molecule has 0 aromatic heterocycles. The summed E-state index contributed by atoms with van der Waals surface area (Å²) in [4.78, 5) is 11.5. The highest BCUT2D eigenvalue weighted by molar-refractivity contribution is 7.88. The van der Waals surface area contributed by atoms with E-state index >= 15 is 4.39 Å². The van der Waals surface area contributed by atoms with E-state index in [2.05, 4.69) is 5.32 Å². The van der Waals surface area contributed by atoms with Crippen LogP contribution in [0.4, 0.5) is 4.39 Å². The second-order valence-electron chi connectivity index (χ2n) is 8.06. The molecule has 5 unspecified atom stereocenters. The molecule has 9 heteroatoms. The van der Waals surface area contributed by atoms with Crippen molar-refractivity contribution in [2.24, 2.45) is 23.7 Å². The van der Waals surface area contributed by atoms with Crippen LogP contribution in [0.15, 0.2) is 0 Å². The van der Waals surface area contributed by atoms with Gasteiger partial charge in [-0.15, -0.1) is 0 Å². The van der Waals surface area contributed by atoms with Crippen LogP contribution in [0.2, 0.25) is 0 Å². The van der Waals surface area contributed by atoms with Crippen LogP contribution in [-0.2, 0) is 15.0 Å². The van der Waals surface area contributed by atoms with Crippen molar-refractivity contribution in [3.63, 3.8) is 0 Å². The average molecular weight is 375 g/mol. The fourth-order valence-electron chi connectivity index (χ4n) is 5.49. The molecular formula is C16H26FN3O4S. The summed E-state index contributed by atoms with van der Waals surface area (Å²) in [6.07, 6.45) is 1.71. The summed E-state index contributed by atoms with van der Waals surface area (Å²) in [5.41, 5.74) is 0. The molecular weight excluding hydrogens is 349 g/mol. The first kappa shape index (κ1) is 17.6. The van der Waals surface area contributed by atoms with Gasteiger partial charge in [-0.1, -0.05) is 0 Å². The number of hydrogen-bond donors (Lipinski definition) is 3. The Morgan fingerprint density at radius 2 is 1.88 bits per heavy atom. The lowest BCUT2D eigenvalue weighted by Crippen LogP contribution is -2.59. The van der Waals surface area contributed by atoms with E-state index in [0.29, 0.717) is 18.3 Å². The molecule has 4 aliphatic rings. The first-order valence-corrected chi connectivity index (χ1v) is 10.7. The van der Waals surface area contributed by atoms with Gasteiger partial charge in [-0.2, -0.15) is 12.7 Å². The molecule has 2 heterocycles. The van der Waals surface area contributed by atoms with Crippen LogP contribution in [0, 0.1) is 23.7 Å². The summed E-state index contributed by atoms with van der Waals surface area (Å²) < 4.78 is 42.3. The number of nitrogens with zero attached hydrogens (tertiary/aromatic N) is 1. The number of amides is 1. The fraction of sp³-hybridized carbons (Fsp3) is 0.938. The van der Waals surface area contributed by atoms with Gasteiger partial charge in [-0.3, -0.25) is 4.79 Å². The lowest BCUT2D eigenvalue weighted by atomic mass is 9.62. The zero-order valence-corrected chi connectivity index (χ0v) is 14.9. The third-order valence-corrected chi connectivity index (χ3v) is 8.19. The van der Waals surface area contributed by atoms with Crippen molar-refractivity contribution in [1.82, 2.24) is 14.3 Å². The minimum atomic E-state index is -4.04. The summed E-state index contributed by atoms with van der Waals surface area (Å²) in [7, 11) is -4.04. The minimum Gasteiger partial charge on any atom is -0.391 e. The van der Waals surface area contributed by atoms with Gasteiger partial charge in [0.25, 0.3) is 0 Å². The predicted molar refractivity (Wildman–Crippen MR) is 88.4 cm³/mol. The van der Waals surface area contributed by atoms with Gasteiger partial charge in [0.2, 0.25) is 5.91 Å². The molecule has 0 aromatic carbocycles. The second kappa shape index (κ2) is 6.44. The molecule has 0 aromatic rings. The fourth-order valence-corrected chi connectivity index (χ4v) is 6.82. The zero-order chi connectivity index (χ0) is 17.8. The van der Waals surface area contributed by atoms with Crippen molar-refractivity contribution >= 4 is 16.1 Å². The standard InChI is InChI=1S/C16H26FN3O4S/c17-15-12-5-9(11-3-4-18-7-11)1-2-10(12)6-13(21)16(15)20-8-14(22)19-25(20,23)24/h9-13,15-16,18,21H,1-8H2,(H,19,22)/t9-,10?,11+,12?,13?,15?,16?/m0/s1. The molecule has 1 amide bonds. The van der Waals surface area contributed by atoms with E-state index in [1.807, 2.05) is 4.72 Å². The van der Waals surface area contributed by atoms with Crippen LogP contribution < -0.4 is 10.0 Å². The monoisotopic (exact) mass is 375 g/mol. The summed E-state index contributed by atoms with van der Waals surface area (Å²) in [6.45, 7) is 1.58. The Morgan fingerprint density at radius 1 is 1.12 bits per heavy atom. The van der Waals surface area contributed by atoms with Crippen LogP contribution in [0.1, 0.15) is 32.1 Å². The Hall–Kier alpha value is -0.770. The Bertz CT molecular complexity index is 639. The summed E-state index contributed by atoms with van der Waals surface area (Å²) >= 11 is 0. The maximum atomic E-state index is 15.4. The predicted octanol–water partition coefficient (Wildman–Crippen LogP) is -0.224. The number of aliphatic hydroxyl groups excluding tert-OH is 1. The van der Waals surface area contributed by atoms with Crippen LogP contribution in [0.3, 0.4) is 0 Å². The first-order chi connectivity index (χ1) is 11.9. The highest BCUT2D eigenvalue weighted by atomic mass is 32.2. The van der Waals surface area contributed by atoms with Crippen molar-refractivity contribution < 1.29 is 22.7 Å². The smallest absolute Gasteiger partial charge is 0.304 e. The van der Waals surface area contributed by atoms with Crippen LogP contribution in [0.5, 0.6) is 0 Å². The van der Waals surface area contributed by atoms with Crippen molar-refractivity contribution in [1.29, 1.82) is 0 Å². The van der Waals surface area contributed by atoms with Crippen LogP contribution in [-0.4, -0.2) is 61.7 Å². The van der Waals surface area contributed by atoms with Crippen molar-refractivity contribution in [2.45, 2.75) is 50.4 Å². The zero-order valence-electron chi connectivity index (χ0n) is 14.1. The van der Waals surface area contributed by atoms with Crippen LogP contribution in [0.25, 0.3) is 0 Å². The Balaban J connectivity index is 1.54. The SMILES string of the molecule is O=C1CN(C2C(O)CC3CC[C@H]([C@@H]4CCNC4)CC3C2F)S(=O)(=O)N1. The van der Waals surface area contributed by atoms with Gasteiger partial charge in [-0.05, 0) is 68.9 Å². The minimum absolute atomic E-state index is 0.0980. The summed E-state index contributed by atoms with van der Waals surface area (Å²) in [5.74, 6) is 0.220. The summed E-state index contributed by atoms with van der Waals surface area (Å²) in [5, 5.41) is 13.8. The van der Waals surface area contributed by atoms with E-state index < -0.39 is 41.0 Å². The lowest BCUT2D eigenvalue weighted by Gasteiger charge is -2.48. The number of rotatable bonds is 2. The van der Waals surface area contributed by atoms with Crippen molar-refractivity contribution in [3.8, 4) is 0 Å². The molecule has 2 aliphatic heterocycles. The maximum absolute atomic E-state index is 15.4. The molecule has 2 saturated carbocycles. The molecule has 25 heavy (non-hydrogen) atoms. The molecule has 7 nitrogen and oxygen atoms in total. The molecule has 7 atom stereocenters. The van der Waals surface area contributed by atoms with Crippen molar-refractivity contribution in [3.05, 3.63) is 0 Å². The van der Waals surface area contributed by atoms with Gasteiger partial charge in [0.05, 0.1) is 18.7 Å². The number of hydrogen-bond acceptors (Lipinski definition) is 5. The number of aliphatic hydroxyl groups is 1. The lowest BCUT2D eigenvalue weighted by molar-refractivity contribution is -0.120. The topological polar surface area (TPSA) is 98.7 Å². The van der Waals surface area contributed by atoms with Gasteiger partial charge in [-0.25, -0.2) is 9.11 Å². The van der Waals surface area contributed by atoms with E-state index in [1.54, 1.807) is 0 Å². The number of carbonyl (C=O) groups is 1. The van der Waals surface area contributed by atoms with E-state index in [9.17, 15) is 18.3 Å². The molecule has 0 spiro atoms. The molecule has 142 valence electrons. The van der Waals surface area contributed by atoms with Gasteiger partial charge in [0, 0.05) is 0 Å². The highest BCUT2D eigenvalue weighted by Crippen LogP contribution is 2.48. The second-order valence-corrected chi connectivity index (χ2v) is 9.69. The molecule has 0 radical (unpaired) electrons. The first-order valence-electron chi connectivity index (χ1n) is 9.22. The van der Waals surface area contributed by atoms with Gasteiger partial charge in [0.1, 0.15) is 6.17 Å². The number of fused-ring (bicyclic) bond motifs is 1. The quantitative estimate of drug-likeness (QED) is 0.620. The average Bonchev–Trinajstić information content (AvgIpc) is 3.15. The number of nitrogens with one attached hydrogen (secondary N) is 2. The number of halogens is 1. The summed E-state index contributed by atoms with van der Waals surface area (Å²) in [6, 6.07) is -1.16. The normalized spacial score (nSPS) is 47.4. The van der Waals surface area contributed by atoms with E-state index in [0.717, 1.165) is 43.1 Å². The third kappa shape index (κ3) is 3.09. The molecule has 4 fully saturated rings. The largest absolute Gasteiger partial charge is 0.391 e. The Kier molecular flexibility index (Phi) is 4.54. The van der Waals surface area contributed by atoms with E-state index in [-0.39, 0.29) is 11.8 Å². The number of carbonyl (C=O) groups excluding carboxylic acids is 1. The van der Waals surface area contributed by atoms with Gasteiger partial charge < -0.3 is 10.4 Å². The van der Waals surface area contributed by atoms with E-state index in [4.69, 9.17) is 0 Å². The van der Waals surface area contributed by atoms with E-state index in [1.165, 1.54) is 0 Å². The molecule has 0 bridgehead atoms.